The lowest BCUT2D eigenvalue weighted by Gasteiger charge is -2.22. The van der Waals surface area contributed by atoms with E-state index in [4.69, 9.17) is 4.74 Å². The molecule has 26 heavy (non-hydrogen) atoms. The minimum atomic E-state index is 0.113. The third-order valence-corrected chi connectivity index (χ3v) is 4.84. The van der Waals surface area contributed by atoms with Crippen molar-refractivity contribution >= 4 is 17.7 Å². The Hall–Kier alpha value is -1.98. The summed E-state index contributed by atoms with van der Waals surface area (Å²) in [7, 11) is 3.82. The molecule has 0 aromatic heterocycles. The molecule has 0 aliphatic carbocycles. The van der Waals surface area contributed by atoms with Crippen LogP contribution in [-0.2, 0) is 17.9 Å². The fourth-order valence-corrected chi connectivity index (χ4v) is 3.08. The lowest BCUT2D eigenvalue weighted by molar-refractivity contribution is -0.131. The molecule has 0 fully saturated rings. The molecule has 140 valence electrons. The van der Waals surface area contributed by atoms with Gasteiger partial charge in [-0.2, -0.15) is 0 Å². The van der Waals surface area contributed by atoms with E-state index in [2.05, 4.69) is 30.5 Å². The van der Waals surface area contributed by atoms with Crippen LogP contribution < -0.4 is 4.74 Å². The number of benzene rings is 2. The van der Waals surface area contributed by atoms with Crippen LogP contribution in [0, 0.1) is 0 Å². The Morgan fingerprint density at radius 3 is 2.12 bits per heavy atom. The van der Waals surface area contributed by atoms with Crippen LogP contribution in [0.1, 0.15) is 18.1 Å². The van der Waals surface area contributed by atoms with E-state index in [-0.39, 0.29) is 5.91 Å². The van der Waals surface area contributed by atoms with E-state index in [0.29, 0.717) is 19.7 Å². The van der Waals surface area contributed by atoms with Crippen molar-refractivity contribution in [2.45, 2.75) is 24.9 Å². The normalized spacial score (nSPS) is 10.8. The van der Waals surface area contributed by atoms with Gasteiger partial charge in [0.05, 0.1) is 13.2 Å². The van der Waals surface area contributed by atoms with Crippen LogP contribution >= 0.6 is 11.8 Å². The second-order valence-corrected chi connectivity index (χ2v) is 7.23. The number of hydrogen-bond acceptors (Lipinski definition) is 4. The Morgan fingerprint density at radius 2 is 1.54 bits per heavy atom. The predicted molar refractivity (Wildman–Crippen MR) is 109 cm³/mol. The number of nitrogens with zero attached hydrogens (tertiary/aromatic N) is 2. The third kappa shape index (κ3) is 6.39. The molecule has 0 saturated carbocycles. The Bertz CT molecular complexity index is 686. The van der Waals surface area contributed by atoms with E-state index in [0.717, 1.165) is 17.9 Å². The van der Waals surface area contributed by atoms with Gasteiger partial charge in [0.15, 0.2) is 0 Å². The lowest BCUT2D eigenvalue weighted by atomic mass is 10.2. The summed E-state index contributed by atoms with van der Waals surface area (Å²) in [5.41, 5.74) is 2.31. The SMILES string of the molecule is CCOc1ccc(CN(C)C(=O)CN(C)Cc2ccc(SC)cc2)cc1. The van der Waals surface area contributed by atoms with Crippen LogP contribution in [0.2, 0.25) is 0 Å². The van der Waals surface area contributed by atoms with Gasteiger partial charge in [-0.05, 0) is 55.6 Å². The van der Waals surface area contributed by atoms with Crippen molar-refractivity contribution in [3.63, 3.8) is 0 Å². The number of carbonyl (C=O) groups is 1. The molecule has 4 nitrogen and oxygen atoms in total. The molecule has 2 aromatic carbocycles. The van der Waals surface area contributed by atoms with Crippen LogP contribution in [0.25, 0.3) is 0 Å². The maximum absolute atomic E-state index is 12.5. The molecule has 0 atom stereocenters. The van der Waals surface area contributed by atoms with E-state index in [9.17, 15) is 4.79 Å². The summed E-state index contributed by atoms with van der Waals surface area (Å²) >= 11 is 1.73. The van der Waals surface area contributed by atoms with Gasteiger partial charge in [0, 0.05) is 25.0 Å². The van der Waals surface area contributed by atoms with E-state index in [1.807, 2.05) is 50.2 Å². The minimum Gasteiger partial charge on any atom is -0.494 e. The van der Waals surface area contributed by atoms with Gasteiger partial charge in [-0.1, -0.05) is 24.3 Å². The number of hydrogen-bond donors (Lipinski definition) is 0. The quantitative estimate of drug-likeness (QED) is 0.625. The summed E-state index contributed by atoms with van der Waals surface area (Å²) in [4.78, 5) is 17.5. The Morgan fingerprint density at radius 1 is 0.962 bits per heavy atom. The molecule has 0 saturated heterocycles. The molecule has 0 aliphatic rings. The van der Waals surface area contributed by atoms with E-state index in [1.54, 1.807) is 16.7 Å². The molecule has 0 N–H and O–H groups in total. The van der Waals surface area contributed by atoms with E-state index >= 15 is 0 Å². The van der Waals surface area contributed by atoms with Crippen LogP contribution in [0.4, 0.5) is 0 Å². The zero-order chi connectivity index (χ0) is 18.9. The predicted octanol–water partition coefficient (Wildman–Crippen LogP) is 3.90. The molecular weight excluding hydrogens is 344 g/mol. The van der Waals surface area contributed by atoms with Gasteiger partial charge in [-0.15, -0.1) is 11.8 Å². The van der Waals surface area contributed by atoms with E-state index in [1.165, 1.54) is 10.5 Å². The number of ether oxygens (including phenoxy) is 1. The molecule has 0 aliphatic heterocycles. The average molecular weight is 373 g/mol. The van der Waals surface area contributed by atoms with Crippen LogP contribution in [0.3, 0.4) is 0 Å². The second kappa shape index (κ2) is 10.2. The molecule has 0 bridgehead atoms. The fourth-order valence-electron chi connectivity index (χ4n) is 2.67. The molecule has 2 rings (SSSR count). The van der Waals surface area contributed by atoms with Gasteiger partial charge in [0.1, 0.15) is 5.75 Å². The topological polar surface area (TPSA) is 32.8 Å². The Balaban J connectivity index is 1.83. The average Bonchev–Trinajstić information content (AvgIpc) is 2.64. The standard InChI is InChI=1S/C21H28N2O2S/c1-5-25-19-10-6-18(7-11-19)15-23(3)21(24)16-22(2)14-17-8-12-20(26-4)13-9-17/h6-13H,5,14-16H2,1-4H3. The summed E-state index contributed by atoms with van der Waals surface area (Å²) in [6, 6.07) is 16.4. The Labute approximate surface area is 161 Å². The third-order valence-electron chi connectivity index (χ3n) is 4.10. The van der Waals surface area contributed by atoms with Gasteiger partial charge >= 0.3 is 0 Å². The molecule has 0 radical (unpaired) electrons. The summed E-state index contributed by atoms with van der Waals surface area (Å²) in [6.45, 7) is 4.38. The fraction of sp³-hybridized carbons (Fsp3) is 0.381. The Kier molecular flexibility index (Phi) is 8.01. The van der Waals surface area contributed by atoms with Crippen molar-refractivity contribution in [1.82, 2.24) is 9.80 Å². The highest BCUT2D eigenvalue weighted by molar-refractivity contribution is 7.98. The smallest absolute Gasteiger partial charge is 0.236 e. The van der Waals surface area contributed by atoms with Crippen molar-refractivity contribution < 1.29 is 9.53 Å². The maximum Gasteiger partial charge on any atom is 0.236 e. The van der Waals surface area contributed by atoms with Gasteiger partial charge in [0.2, 0.25) is 5.91 Å². The van der Waals surface area contributed by atoms with Gasteiger partial charge in [-0.3, -0.25) is 9.69 Å². The summed E-state index contributed by atoms with van der Waals surface area (Å²) in [6.07, 6.45) is 2.07. The molecule has 2 aromatic rings. The van der Waals surface area contributed by atoms with Crippen LogP contribution in [0.15, 0.2) is 53.4 Å². The first-order valence-electron chi connectivity index (χ1n) is 8.79. The molecule has 5 heteroatoms. The monoisotopic (exact) mass is 372 g/mol. The van der Waals surface area contributed by atoms with Crippen molar-refractivity contribution in [3.05, 3.63) is 59.7 Å². The zero-order valence-corrected chi connectivity index (χ0v) is 16.9. The first kappa shape index (κ1) is 20.3. The first-order valence-corrected chi connectivity index (χ1v) is 10.0. The highest BCUT2D eigenvalue weighted by Gasteiger charge is 2.12. The van der Waals surface area contributed by atoms with Crippen molar-refractivity contribution in [1.29, 1.82) is 0 Å². The largest absolute Gasteiger partial charge is 0.494 e. The maximum atomic E-state index is 12.5. The number of rotatable bonds is 9. The molecule has 1 amide bonds. The summed E-state index contributed by atoms with van der Waals surface area (Å²) < 4.78 is 5.45. The van der Waals surface area contributed by atoms with Crippen LogP contribution in [0.5, 0.6) is 5.75 Å². The first-order chi connectivity index (χ1) is 12.5. The molecule has 0 heterocycles. The van der Waals surface area contributed by atoms with Gasteiger partial charge in [0.25, 0.3) is 0 Å². The molecule has 0 spiro atoms. The van der Waals surface area contributed by atoms with Crippen molar-refractivity contribution in [3.8, 4) is 5.75 Å². The number of thioether (sulfide) groups is 1. The summed E-state index contributed by atoms with van der Waals surface area (Å²) in [5.74, 6) is 0.972. The zero-order valence-electron chi connectivity index (χ0n) is 16.1. The number of amides is 1. The number of likely N-dealkylation sites (N-methyl/N-ethyl adjacent to an activating group) is 2. The highest BCUT2D eigenvalue weighted by atomic mass is 32.2. The molecular formula is C21H28N2O2S. The van der Waals surface area contributed by atoms with Gasteiger partial charge < -0.3 is 9.64 Å². The molecule has 0 unspecified atom stereocenters. The van der Waals surface area contributed by atoms with Crippen molar-refractivity contribution in [2.24, 2.45) is 0 Å². The van der Waals surface area contributed by atoms with E-state index < -0.39 is 0 Å². The number of carbonyl (C=O) groups excluding carboxylic acids is 1. The second-order valence-electron chi connectivity index (χ2n) is 6.35. The highest BCUT2D eigenvalue weighted by Crippen LogP contribution is 2.16. The van der Waals surface area contributed by atoms with Crippen LogP contribution in [-0.4, -0.2) is 49.2 Å². The summed E-state index contributed by atoms with van der Waals surface area (Å²) in [5, 5.41) is 0. The minimum absolute atomic E-state index is 0.113. The van der Waals surface area contributed by atoms with Crippen molar-refractivity contribution in [2.75, 3.05) is 33.5 Å². The van der Waals surface area contributed by atoms with Gasteiger partial charge in [-0.25, -0.2) is 0 Å². The lowest BCUT2D eigenvalue weighted by Crippen LogP contribution is -2.36.